The summed E-state index contributed by atoms with van der Waals surface area (Å²) in [7, 11) is 0. The van der Waals surface area contributed by atoms with Crippen molar-refractivity contribution in [3.63, 3.8) is 0 Å². The van der Waals surface area contributed by atoms with Crippen LogP contribution in [-0.2, 0) is 9.47 Å². The molecule has 2 rings (SSSR count). The lowest BCUT2D eigenvalue weighted by Crippen LogP contribution is -2.43. The van der Waals surface area contributed by atoms with Gasteiger partial charge < -0.3 is 9.47 Å². The van der Waals surface area contributed by atoms with Gasteiger partial charge in [0.05, 0.1) is 26.4 Å². The molecule has 0 aliphatic heterocycles. The van der Waals surface area contributed by atoms with Gasteiger partial charge in [0.15, 0.2) is 0 Å². The summed E-state index contributed by atoms with van der Waals surface area (Å²) in [5.74, 6) is 2.38. The lowest BCUT2D eigenvalue weighted by Gasteiger charge is -2.42. The second-order valence-electron chi connectivity index (χ2n) is 5.90. The van der Waals surface area contributed by atoms with Crippen LogP contribution in [0.2, 0.25) is 0 Å². The first kappa shape index (κ1) is 13.8. The third-order valence-corrected chi connectivity index (χ3v) is 5.11. The van der Waals surface area contributed by atoms with Crippen LogP contribution in [0, 0.1) is 23.2 Å². The third kappa shape index (κ3) is 2.41. The minimum atomic E-state index is 0.231. The molecule has 3 atom stereocenters. The molecular weight excluding hydrogens is 224 g/mol. The molecule has 0 spiro atoms. The first-order chi connectivity index (χ1) is 8.74. The Hall–Kier alpha value is -0.600. The maximum Gasteiger partial charge on any atom is 0.0645 e. The van der Waals surface area contributed by atoms with Crippen LogP contribution >= 0.6 is 0 Å². The van der Waals surface area contributed by atoms with E-state index in [1.165, 1.54) is 19.3 Å². The first-order valence-corrected chi connectivity index (χ1v) is 7.12. The van der Waals surface area contributed by atoms with E-state index in [0.717, 1.165) is 25.0 Å². The summed E-state index contributed by atoms with van der Waals surface area (Å²) in [5, 5.41) is 0. The number of hydrogen-bond acceptors (Lipinski definition) is 2. The summed E-state index contributed by atoms with van der Waals surface area (Å²) in [6.45, 7) is 12.8. The molecule has 2 bridgehead atoms. The fraction of sp³-hybridized carbons (Fsp3) is 0.750. The zero-order valence-electron chi connectivity index (χ0n) is 11.6. The van der Waals surface area contributed by atoms with E-state index in [9.17, 15) is 0 Å². The van der Waals surface area contributed by atoms with Gasteiger partial charge in [-0.15, -0.1) is 13.2 Å². The summed E-state index contributed by atoms with van der Waals surface area (Å²) in [4.78, 5) is 0. The van der Waals surface area contributed by atoms with E-state index in [2.05, 4.69) is 20.1 Å². The Balaban J connectivity index is 2.01. The van der Waals surface area contributed by atoms with Gasteiger partial charge in [0.25, 0.3) is 0 Å². The van der Waals surface area contributed by atoms with E-state index in [1.54, 1.807) is 0 Å². The lowest BCUT2D eigenvalue weighted by atomic mass is 9.67. The molecule has 0 radical (unpaired) electrons. The van der Waals surface area contributed by atoms with Crippen LogP contribution in [0.3, 0.4) is 0 Å². The van der Waals surface area contributed by atoms with Crippen LogP contribution in [0.4, 0.5) is 0 Å². The van der Waals surface area contributed by atoms with Gasteiger partial charge in [-0.05, 0) is 37.0 Å². The largest absolute Gasteiger partial charge is 0.377 e. The molecule has 2 saturated carbocycles. The Morgan fingerprint density at radius 2 is 1.72 bits per heavy atom. The Kier molecular flexibility index (Phi) is 4.63. The first-order valence-electron chi connectivity index (χ1n) is 7.12. The fourth-order valence-electron chi connectivity index (χ4n) is 4.04. The molecule has 0 saturated heterocycles. The van der Waals surface area contributed by atoms with E-state index < -0.39 is 0 Å². The summed E-state index contributed by atoms with van der Waals surface area (Å²) in [5.41, 5.74) is 0.231. The van der Waals surface area contributed by atoms with Gasteiger partial charge in [-0.25, -0.2) is 0 Å². The van der Waals surface area contributed by atoms with Crippen LogP contribution in [-0.4, -0.2) is 26.4 Å². The van der Waals surface area contributed by atoms with E-state index in [4.69, 9.17) is 9.47 Å². The molecule has 2 nitrogen and oxygen atoms in total. The Morgan fingerprint density at radius 3 is 2.17 bits per heavy atom. The van der Waals surface area contributed by atoms with Crippen molar-refractivity contribution in [1.82, 2.24) is 0 Å². The number of hydrogen-bond donors (Lipinski definition) is 0. The van der Waals surface area contributed by atoms with Gasteiger partial charge in [-0.2, -0.15) is 0 Å². The van der Waals surface area contributed by atoms with E-state index in [-0.39, 0.29) is 5.41 Å². The second kappa shape index (κ2) is 6.03. The second-order valence-corrected chi connectivity index (χ2v) is 5.90. The van der Waals surface area contributed by atoms with Crippen LogP contribution in [0.25, 0.3) is 0 Å². The Morgan fingerprint density at radius 1 is 1.11 bits per heavy atom. The van der Waals surface area contributed by atoms with E-state index >= 15 is 0 Å². The minimum absolute atomic E-state index is 0.231. The van der Waals surface area contributed by atoms with Gasteiger partial charge in [-0.1, -0.05) is 19.1 Å². The van der Waals surface area contributed by atoms with Crippen molar-refractivity contribution >= 4 is 0 Å². The standard InChI is InChI=1S/C16H26O2/c1-4-8-17-11-16(12-18-9-5-2)13(3)14-6-7-15(16)10-14/h4-5,13-15H,1-2,6-12H2,3H3. The molecular formula is C16H26O2. The molecule has 102 valence electrons. The molecule has 0 aromatic carbocycles. The van der Waals surface area contributed by atoms with E-state index in [0.29, 0.717) is 19.1 Å². The lowest BCUT2D eigenvalue weighted by molar-refractivity contribution is -0.0696. The summed E-state index contributed by atoms with van der Waals surface area (Å²) < 4.78 is 11.6. The number of rotatable bonds is 8. The van der Waals surface area contributed by atoms with Crippen molar-refractivity contribution in [2.75, 3.05) is 26.4 Å². The Labute approximate surface area is 111 Å². The van der Waals surface area contributed by atoms with Crippen molar-refractivity contribution in [3.8, 4) is 0 Å². The smallest absolute Gasteiger partial charge is 0.0645 e. The van der Waals surface area contributed by atoms with Gasteiger partial charge >= 0.3 is 0 Å². The maximum atomic E-state index is 5.80. The highest BCUT2D eigenvalue weighted by atomic mass is 16.5. The van der Waals surface area contributed by atoms with E-state index in [1.807, 2.05) is 12.2 Å². The average Bonchev–Trinajstić information content (AvgIpc) is 2.94. The highest BCUT2D eigenvalue weighted by Crippen LogP contribution is 2.59. The predicted molar refractivity (Wildman–Crippen MR) is 74.5 cm³/mol. The highest BCUT2D eigenvalue weighted by Gasteiger charge is 2.56. The monoisotopic (exact) mass is 250 g/mol. The van der Waals surface area contributed by atoms with Gasteiger partial charge in [0.2, 0.25) is 0 Å². The number of ether oxygens (including phenoxy) is 2. The van der Waals surface area contributed by atoms with Gasteiger partial charge in [0.1, 0.15) is 0 Å². The molecule has 2 aliphatic carbocycles. The SMILES string of the molecule is C=CCOCC1(COCC=C)C2CCC(C2)C1C. The molecule has 0 heterocycles. The highest BCUT2D eigenvalue weighted by molar-refractivity contribution is 5.04. The molecule has 2 aliphatic rings. The fourth-order valence-corrected chi connectivity index (χ4v) is 4.04. The van der Waals surface area contributed by atoms with Crippen molar-refractivity contribution < 1.29 is 9.47 Å². The quantitative estimate of drug-likeness (QED) is 0.485. The summed E-state index contributed by atoms with van der Waals surface area (Å²) in [6, 6.07) is 0. The number of fused-ring (bicyclic) bond motifs is 2. The average molecular weight is 250 g/mol. The molecule has 2 fully saturated rings. The summed E-state index contributed by atoms with van der Waals surface area (Å²) in [6.07, 6.45) is 7.78. The van der Waals surface area contributed by atoms with Crippen molar-refractivity contribution in [2.45, 2.75) is 26.2 Å². The zero-order valence-corrected chi connectivity index (χ0v) is 11.6. The van der Waals surface area contributed by atoms with Crippen molar-refractivity contribution in [3.05, 3.63) is 25.3 Å². The molecule has 2 heteroatoms. The van der Waals surface area contributed by atoms with Gasteiger partial charge in [-0.3, -0.25) is 0 Å². The van der Waals surface area contributed by atoms with Gasteiger partial charge in [0, 0.05) is 5.41 Å². The van der Waals surface area contributed by atoms with Crippen LogP contribution in [0.15, 0.2) is 25.3 Å². The van der Waals surface area contributed by atoms with Crippen LogP contribution < -0.4 is 0 Å². The molecule has 18 heavy (non-hydrogen) atoms. The summed E-state index contributed by atoms with van der Waals surface area (Å²) >= 11 is 0. The Bertz CT molecular complexity index is 279. The third-order valence-electron chi connectivity index (χ3n) is 5.11. The van der Waals surface area contributed by atoms with Crippen molar-refractivity contribution in [1.29, 1.82) is 0 Å². The van der Waals surface area contributed by atoms with Crippen LogP contribution in [0.1, 0.15) is 26.2 Å². The van der Waals surface area contributed by atoms with Crippen LogP contribution in [0.5, 0.6) is 0 Å². The minimum Gasteiger partial charge on any atom is -0.377 e. The normalized spacial score (nSPS) is 32.6. The molecule has 3 unspecified atom stereocenters. The topological polar surface area (TPSA) is 18.5 Å². The maximum absolute atomic E-state index is 5.80. The zero-order chi connectivity index (χ0) is 13.0. The molecule has 0 N–H and O–H groups in total. The molecule has 0 aromatic heterocycles. The molecule has 0 aromatic rings. The predicted octanol–water partition coefficient (Wildman–Crippen LogP) is 3.44. The van der Waals surface area contributed by atoms with Crippen molar-refractivity contribution in [2.24, 2.45) is 23.2 Å². The molecule has 0 amide bonds.